The van der Waals surface area contributed by atoms with Crippen LogP contribution in [-0.2, 0) is 6.42 Å². The Morgan fingerprint density at radius 2 is 1.62 bits per heavy atom. The number of hydrogen-bond donors (Lipinski definition) is 1. The molecule has 0 bridgehead atoms. The van der Waals surface area contributed by atoms with Crippen LogP contribution >= 0.6 is 0 Å². The number of hydrogen-bond acceptors (Lipinski definition) is 2. The van der Waals surface area contributed by atoms with Gasteiger partial charge in [-0.1, -0.05) is 37.3 Å². The third-order valence-electron chi connectivity index (χ3n) is 3.75. The number of nitrogens with one attached hydrogen (secondary N) is 1. The van der Waals surface area contributed by atoms with E-state index >= 15 is 0 Å². The van der Waals surface area contributed by atoms with Gasteiger partial charge in [0, 0.05) is 0 Å². The minimum Gasteiger partial charge on any atom is -0.492 e. The first-order valence-corrected chi connectivity index (χ1v) is 7.59. The predicted octanol–water partition coefficient (Wildman–Crippen LogP) is 4.21. The van der Waals surface area contributed by atoms with Crippen molar-refractivity contribution in [3.63, 3.8) is 0 Å². The maximum Gasteiger partial charge on any atom is 0.119 e. The molecule has 2 heteroatoms. The molecule has 0 aliphatic rings. The fourth-order valence-electron chi connectivity index (χ4n) is 2.53. The van der Waals surface area contributed by atoms with Gasteiger partial charge in [-0.05, 0) is 61.7 Å². The Kier molecular flexibility index (Phi) is 5.40. The van der Waals surface area contributed by atoms with Crippen molar-refractivity contribution in [3.8, 4) is 5.75 Å². The Labute approximate surface area is 128 Å². The lowest BCUT2D eigenvalue weighted by Crippen LogP contribution is -2.23. The molecule has 0 heterocycles. The Hall–Kier alpha value is -1.80. The lowest BCUT2D eigenvalue weighted by molar-refractivity contribution is 0.273. The van der Waals surface area contributed by atoms with Crippen molar-refractivity contribution < 1.29 is 4.74 Å². The van der Waals surface area contributed by atoms with Gasteiger partial charge in [0.1, 0.15) is 12.4 Å². The van der Waals surface area contributed by atoms with Crippen LogP contribution in [0.1, 0.15) is 35.2 Å². The highest BCUT2D eigenvalue weighted by Crippen LogP contribution is 2.19. The molecule has 21 heavy (non-hydrogen) atoms. The topological polar surface area (TPSA) is 21.3 Å². The summed E-state index contributed by atoms with van der Waals surface area (Å²) in [5.41, 5.74) is 5.10. The summed E-state index contributed by atoms with van der Waals surface area (Å²) in [7, 11) is 1.98. The zero-order valence-electron chi connectivity index (χ0n) is 13.4. The normalized spacial score (nSPS) is 12.2. The van der Waals surface area contributed by atoms with E-state index in [-0.39, 0.29) is 6.04 Å². The van der Waals surface area contributed by atoms with E-state index < -0.39 is 0 Å². The summed E-state index contributed by atoms with van der Waals surface area (Å²) in [5, 5.41) is 3.33. The zero-order valence-corrected chi connectivity index (χ0v) is 13.4. The smallest absolute Gasteiger partial charge is 0.119 e. The number of likely N-dealkylation sites (N-methyl/N-ethyl adjacent to an activating group) is 1. The third kappa shape index (κ3) is 4.33. The van der Waals surface area contributed by atoms with Crippen molar-refractivity contribution in [3.05, 3.63) is 64.7 Å². The molecule has 0 saturated heterocycles. The van der Waals surface area contributed by atoms with E-state index in [1.165, 1.54) is 22.3 Å². The minimum atomic E-state index is 0.205. The van der Waals surface area contributed by atoms with E-state index in [9.17, 15) is 0 Å². The molecule has 0 fully saturated rings. The van der Waals surface area contributed by atoms with E-state index in [2.05, 4.69) is 68.6 Å². The van der Waals surface area contributed by atoms with E-state index in [0.29, 0.717) is 6.61 Å². The highest BCUT2D eigenvalue weighted by Gasteiger charge is 2.10. The fourth-order valence-corrected chi connectivity index (χ4v) is 2.53. The molecule has 1 atom stereocenters. The van der Waals surface area contributed by atoms with Crippen molar-refractivity contribution in [2.45, 2.75) is 33.2 Å². The maximum atomic E-state index is 5.97. The van der Waals surface area contributed by atoms with Crippen LogP contribution in [0.25, 0.3) is 0 Å². The van der Waals surface area contributed by atoms with E-state index in [4.69, 9.17) is 4.74 Å². The van der Waals surface area contributed by atoms with Crippen molar-refractivity contribution in [2.75, 3.05) is 13.7 Å². The second-order valence-corrected chi connectivity index (χ2v) is 5.57. The molecule has 0 aliphatic carbocycles. The van der Waals surface area contributed by atoms with Crippen molar-refractivity contribution in [1.82, 2.24) is 5.32 Å². The van der Waals surface area contributed by atoms with E-state index in [1.807, 2.05) is 7.05 Å². The van der Waals surface area contributed by atoms with Crippen LogP contribution in [0.4, 0.5) is 0 Å². The molecule has 0 saturated carbocycles. The van der Waals surface area contributed by atoms with Crippen molar-refractivity contribution >= 4 is 0 Å². The predicted molar refractivity (Wildman–Crippen MR) is 89.0 cm³/mol. The van der Waals surface area contributed by atoms with Crippen molar-refractivity contribution in [1.29, 1.82) is 0 Å². The van der Waals surface area contributed by atoms with Gasteiger partial charge in [-0.2, -0.15) is 0 Å². The van der Waals surface area contributed by atoms with Crippen LogP contribution in [0.15, 0.2) is 42.5 Å². The summed E-state index contributed by atoms with van der Waals surface area (Å²) in [6, 6.07) is 15.3. The monoisotopic (exact) mass is 283 g/mol. The van der Waals surface area contributed by atoms with E-state index in [0.717, 1.165) is 12.2 Å². The second kappa shape index (κ2) is 7.28. The molecule has 112 valence electrons. The minimum absolute atomic E-state index is 0.205. The van der Waals surface area contributed by atoms with Crippen LogP contribution in [0, 0.1) is 13.8 Å². The molecule has 2 rings (SSSR count). The molecule has 2 aromatic rings. The number of aryl methyl sites for hydroxylation is 3. The third-order valence-corrected chi connectivity index (χ3v) is 3.75. The lowest BCUT2D eigenvalue weighted by atomic mass is 10.0. The van der Waals surface area contributed by atoms with Crippen LogP contribution < -0.4 is 10.1 Å². The quantitative estimate of drug-likeness (QED) is 0.857. The Bertz CT molecular complexity index is 554. The first kappa shape index (κ1) is 15.6. The lowest BCUT2D eigenvalue weighted by Gasteiger charge is -2.18. The highest BCUT2D eigenvalue weighted by molar-refractivity contribution is 5.33. The molecule has 0 aliphatic heterocycles. The Morgan fingerprint density at radius 1 is 1.00 bits per heavy atom. The SMILES string of the molecule is CCc1ccc(C(COc2cc(C)cc(C)c2)NC)cc1. The molecule has 1 N–H and O–H groups in total. The van der Waals surface area contributed by atoms with Crippen LogP contribution in [-0.4, -0.2) is 13.7 Å². The first-order valence-electron chi connectivity index (χ1n) is 7.59. The molecule has 0 amide bonds. The number of rotatable bonds is 6. The summed E-state index contributed by atoms with van der Waals surface area (Å²) in [4.78, 5) is 0. The Morgan fingerprint density at radius 3 is 2.14 bits per heavy atom. The largest absolute Gasteiger partial charge is 0.492 e. The number of benzene rings is 2. The molecular weight excluding hydrogens is 258 g/mol. The van der Waals surface area contributed by atoms with Gasteiger partial charge in [0.2, 0.25) is 0 Å². The molecule has 2 nitrogen and oxygen atoms in total. The summed E-state index contributed by atoms with van der Waals surface area (Å²) in [6.45, 7) is 7.00. The molecular formula is C19H25NO. The average molecular weight is 283 g/mol. The standard InChI is InChI=1S/C19H25NO/c1-5-16-6-8-17(9-7-16)19(20-4)13-21-18-11-14(2)10-15(3)12-18/h6-12,19-20H,5,13H2,1-4H3. The van der Waals surface area contributed by atoms with Gasteiger partial charge in [0.25, 0.3) is 0 Å². The molecule has 0 radical (unpaired) electrons. The summed E-state index contributed by atoms with van der Waals surface area (Å²) >= 11 is 0. The highest BCUT2D eigenvalue weighted by atomic mass is 16.5. The van der Waals surface area contributed by atoms with Crippen LogP contribution in [0.3, 0.4) is 0 Å². The summed E-state index contributed by atoms with van der Waals surface area (Å²) in [5.74, 6) is 0.943. The van der Waals surface area contributed by atoms with Gasteiger partial charge < -0.3 is 10.1 Å². The average Bonchev–Trinajstić information content (AvgIpc) is 2.47. The van der Waals surface area contributed by atoms with Gasteiger partial charge >= 0.3 is 0 Å². The maximum absolute atomic E-state index is 5.97. The Balaban J connectivity index is 2.04. The molecule has 1 unspecified atom stereocenters. The van der Waals surface area contributed by atoms with E-state index in [1.54, 1.807) is 0 Å². The van der Waals surface area contributed by atoms with Crippen LogP contribution in [0.2, 0.25) is 0 Å². The molecule has 0 spiro atoms. The van der Waals surface area contributed by atoms with Crippen molar-refractivity contribution in [2.24, 2.45) is 0 Å². The van der Waals surface area contributed by atoms with Gasteiger partial charge in [0.05, 0.1) is 6.04 Å². The van der Waals surface area contributed by atoms with Gasteiger partial charge in [-0.3, -0.25) is 0 Å². The number of ether oxygens (including phenoxy) is 1. The summed E-state index contributed by atoms with van der Waals surface area (Å²) < 4.78 is 5.97. The van der Waals surface area contributed by atoms with Gasteiger partial charge in [0.15, 0.2) is 0 Å². The zero-order chi connectivity index (χ0) is 15.2. The van der Waals surface area contributed by atoms with Gasteiger partial charge in [-0.15, -0.1) is 0 Å². The molecule has 0 aromatic heterocycles. The second-order valence-electron chi connectivity index (χ2n) is 5.57. The van der Waals surface area contributed by atoms with Gasteiger partial charge in [-0.25, -0.2) is 0 Å². The molecule has 2 aromatic carbocycles. The fraction of sp³-hybridized carbons (Fsp3) is 0.368. The first-order chi connectivity index (χ1) is 10.1. The van der Waals surface area contributed by atoms with Crippen LogP contribution in [0.5, 0.6) is 5.75 Å². The summed E-state index contributed by atoms with van der Waals surface area (Å²) in [6.07, 6.45) is 1.07.